The largest absolute Gasteiger partial charge is 0.479 e. The Morgan fingerprint density at radius 3 is 2.43 bits per heavy atom. The molecule has 1 aliphatic rings. The minimum atomic E-state index is -1.69. The van der Waals surface area contributed by atoms with Gasteiger partial charge >= 0.3 is 5.97 Å². The van der Waals surface area contributed by atoms with Gasteiger partial charge in [0.2, 0.25) is 0 Å². The summed E-state index contributed by atoms with van der Waals surface area (Å²) in [4.78, 5) is 12.9. The number of carboxylic acid groups (broad SMARTS) is 1. The zero-order valence-electron chi connectivity index (χ0n) is 12.3. The molecule has 5 heteroatoms. The maximum Gasteiger partial charge on any atom is 0.336 e. The highest BCUT2D eigenvalue weighted by Gasteiger charge is 2.33. The number of hydrogen-bond acceptors (Lipinski definition) is 3. The third-order valence-corrected chi connectivity index (χ3v) is 4.14. The number of β-amino-alcohol motifs (C(OH)–C–C–N with tert-alkyl or cyclic N) is 1. The van der Waals surface area contributed by atoms with Gasteiger partial charge in [-0.05, 0) is 62.9 Å². The van der Waals surface area contributed by atoms with Crippen molar-refractivity contribution in [1.29, 1.82) is 0 Å². The summed E-state index contributed by atoms with van der Waals surface area (Å²) in [7, 11) is 0. The fraction of sp³-hybridized carbons (Fsp3) is 0.562. The van der Waals surface area contributed by atoms with Crippen molar-refractivity contribution in [2.24, 2.45) is 5.92 Å². The van der Waals surface area contributed by atoms with Crippen LogP contribution in [0.3, 0.4) is 0 Å². The molecule has 1 aromatic rings. The molecule has 0 amide bonds. The van der Waals surface area contributed by atoms with Gasteiger partial charge in [0.1, 0.15) is 5.82 Å². The average Bonchev–Trinajstić information content (AvgIpc) is 2.43. The number of piperidine rings is 1. The summed E-state index contributed by atoms with van der Waals surface area (Å²) in [5.74, 6) is -0.873. The lowest BCUT2D eigenvalue weighted by Gasteiger charge is -2.35. The maximum absolute atomic E-state index is 12.9. The highest BCUT2D eigenvalue weighted by molar-refractivity contribution is 5.76. The number of aliphatic carboxylic acids is 1. The van der Waals surface area contributed by atoms with E-state index in [1.165, 1.54) is 19.1 Å². The standard InChI is InChI=1S/C16H22FNO3/c1-16(21,15(19)20)11-18-8-6-13(7-9-18)10-12-2-4-14(17)5-3-12/h2-5,13,21H,6-11H2,1H3,(H,19,20). The fourth-order valence-electron chi connectivity index (χ4n) is 2.81. The molecule has 2 rings (SSSR count). The van der Waals surface area contributed by atoms with Crippen LogP contribution < -0.4 is 0 Å². The molecule has 0 saturated carbocycles. The van der Waals surface area contributed by atoms with Crippen LogP contribution >= 0.6 is 0 Å². The van der Waals surface area contributed by atoms with Crippen LogP contribution in [0.1, 0.15) is 25.3 Å². The van der Waals surface area contributed by atoms with Crippen molar-refractivity contribution in [3.8, 4) is 0 Å². The Balaban J connectivity index is 1.80. The van der Waals surface area contributed by atoms with Crippen molar-refractivity contribution in [3.05, 3.63) is 35.6 Å². The van der Waals surface area contributed by atoms with E-state index < -0.39 is 11.6 Å². The Morgan fingerprint density at radius 1 is 1.33 bits per heavy atom. The van der Waals surface area contributed by atoms with Gasteiger partial charge in [-0.15, -0.1) is 0 Å². The number of aliphatic hydroxyl groups is 1. The van der Waals surface area contributed by atoms with E-state index in [-0.39, 0.29) is 12.4 Å². The third-order valence-electron chi connectivity index (χ3n) is 4.14. The Hall–Kier alpha value is -1.46. The molecular weight excluding hydrogens is 273 g/mol. The summed E-state index contributed by atoms with van der Waals surface area (Å²) in [5, 5.41) is 18.7. The Bertz CT molecular complexity index is 479. The summed E-state index contributed by atoms with van der Waals surface area (Å²) < 4.78 is 12.9. The van der Waals surface area contributed by atoms with Crippen molar-refractivity contribution >= 4 is 5.97 Å². The molecule has 0 aliphatic carbocycles. The molecule has 1 heterocycles. The number of hydrogen-bond donors (Lipinski definition) is 2. The molecule has 4 nitrogen and oxygen atoms in total. The number of benzene rings is 1. The van der Waals surface area contributed by atoms with E-state index >= 15 is 0 Å². The lowest BCUT2D eigenvalue weighted by Crippen LogP contribution is -2.49. The molecule has 21 heavy (non-hydrogen) atoms. The molecule has 0 aromatic heterocycles. The maximum atomic E-state index is 12.9. The van der Waals surface area contributed by atoms with Crippen LogP contribution in [0.4, 0.5) is 4.39 Å². The van der Waals surface area contributed by atoms with Crippen molar-refractivity contribution in [2.75, 3.05) is 19.6 Å². The molecule has 0 bridgehead atoms. The topological polar surface area (TPSA) is 60.8 Å². The van der Waals surface area contributed by atoms with E-state index in [1.54, 1.807) is 0 Å². The number of rotatable bonds is 5. The minimum Gasteiger partial charge on any atom is -0.479 e. The molecule has 1 aromatic carbocycles. The van der Waals surface area contributed by atoms with E-state index in [1.807, 2.05) is 17.0 Å². The van der Waals surface area contributed by atoms with Gasteiger partial charge in [0.15, 0.2) is 5.60 Å². The van der Waals surface area contributed by atoms with E-state index in [4.69, 9.17) is 5.11 Å². The quantitative estimate of drug-likeness (QED) is 0.871. The van der Waals surface area contributed by atoms with Crippen LogP contribution in [-0.4, -0.2) is 46.3 Å². The predicted octanol–water partition coefficient (Wildman–Crippen LogP) is 1.92. The molecule has 0 spiro atoms. The number of carboxylic acids is 1. The first-order chi connectivity index (χ1) is 9.87. The second kappa shape index (κ2) is 6.54. The Kier molecular flexibility index (Phi) is 4.96. The van der Waals surface area contributed by atoms with Crippen LogP contribution in [0.5, 0.6) is 0 Å². The van der Waals surface area contributed by atoms with E-state index in [0.29, 0.717) is 5.92 Å². The van der Waals surface area contributed by atoms with Crippen molar-refractivity contribution in [1.82, 2.24) is 4.90 Å². The van der Waals surface area contributed by atoms with Gasteiger partial charge in [-0.2, -0.15) is 0 Å². The van der Waals surface area contributed by atoms with Crippen molar-refractivity contribution < 1.29 is 19.4 Å². The van der Waals surface area contributed by atoms with E-state index in [9.17, 15) is 14.3 Å². The van der Waals surface area contributed by atoms with Crippen LogP contribution in [0.2, 0.25) is 0 Å². The second-order valence-electron chi connectivity index (χ2n) is 6.13. The van der Waals surface area contributed by atoms with E-state index in [0.717, 1.165) is 37.9 Å². The average molecular weight is 295 g/mol. The number of halogens is 1. The summed E-state index contributed by atoms with van der Waals surface area (Å²) in [5.41, 5.74) is -0.559. The lowest BCUT2D eigenvalue weighted by molar-refractivity contribution is -0.158. The normalized spacial score (nSPS) is 20.1. The lowest BCUT2D eigenvalue weighted by atomic mass is 9.89. The highest BCUT2D eigenvalue weighted by Crippen LogP contribution is 2.23. The van der Waals surface area contributed by atoms with Crippen molar-refractivity contribution in [2.45, 2.75) is 31.8 Å². The van der Waals surface area contributed by atoms with Crippen LogP contribution in [0.15, 0.2) is 24.3 Å². The molecule has 2 N–H and O–H groups in total. The molecular formula is C16H22FNO3. The first-order valence-electron chi connectivity index (χ1n) is 7.29. The van der Waals surface area contributed by atoms with Gasteiger partial charge in [0, 0.05) is 6.54 Å². The number of carbonyl (C=O) groups is 1. The SMILES string of the molecule is CC(O)(CN1CCC(Cc2ccc(F)cc2)CC1)C(=O)O. The minimum absolute atomic E-state index is 0.158. The molecule has 0 radical (unpaired) electrons. The molecule has 1 unspecified atom stereocenters. The third kappa shape index (κ3) is 4.51. The van der Waals surface area contributed by atoms with Crippen molar-refractivity contribution in [3.63, 3.8) is 0 Å². The van der Waals surface area contributed by atoms with Gasteiger partial charge in [-0.1, -0.05) is 12.1 Å². The zero-order valence-corrected chi connectivity index (χ0v) is 12.3. The Labute approximate surface area is 124 Å². The molecule has 1 aliphatic heterocycles. The van der Waals surface area contributed by atoms with Crippen LogP contribution in [0.25, 0.3) is 0 Å². The number of likely N-dealkylation sites (tertiary alicyclic amines) is 1. The van der Waals surface area contributed by atoms with Crippen LogP contribution in [0, 0.1) is 11.7 Å². The molecule has 1 fully saturated rings. The summed E-state index contributed by atoms with van der Waals surface area (Å²) in [6.45, 7) is 3.07. The van der Waals surface area contributed by atoms with Gasteiger partial charge in [0.25, 0.3) is 0 Å². The number of nitrogens with zero attached hydrogens (tertiary/aromatic N) is 1. The monoisotopic (exact) mass is 295 g/mol. The molecule has 116 valence electrons. The molecule has 1 atom stereocenters. The first kappa shape index (κ1) is 15.9. The van der Waals surface area contributed by atoms with Gasteiger partial charge < -0.3 is 10.2 Å². The Morgan fingerprint density at radius 2 is 1.90 bits per heavy atom. The molecule has 1 saturated heterocycles. The van der Waals surface area contributed by atoms with E-state index in [2.05, 4.69) is 0 Å². The van der Waals surface area contributed by atoms with Crippen LogP contribution in [-0.2, 0) is 11.2 Å². The smallest absolute Gasteiger partial charge is 0.336 e. The zero-order chi connectivity index (χ0) is 15.5. The summed E-state index contributed by atoms with van der Waals surface area (Å²) in [6.07, 6.45) is 2.85. The van der Waals surface area contributed by atoms with Gasteiger partial charge in [-0.25, -0.2) is 9.18 Å². The van der Waals surface area contributed by atoms with Gasteiger partial charge in [0.05, 0.1) is 0 Å². The fourth-order valence-corrected chi connectivity index (χ4v) is 2.81. The summed E-state index contributed by atoms with van der Waals surface area (Å²) in [6, 6.07) is 6.59. The first-order valence-corrected chi connectivity index (χ1v) is 7.29. The summed E-state index contributed by atoms with van der Waals surface area (Å²) >= 11 is 0. The predicted molar refractivity (Wildman–Crippen MR) is 77.5 cm³/mol. The highest BCUT2D eigenvalue weighted by atomic mass is 19.1. The van der Waals surface area contributed by atoms with Gasteiger partial charge in [-0.3, -0.25) is 4.90 Å². The second-order valence-corrected chi connectivity index (χ2v) is 6.13.